The van der Waals surface area contributed by atoms with Crippen LogP contribution in [0.25, 0.3) is 0 Å². The number of carbonyl (C=O) groups is 6. The summed E-state index contributed by atoms with van der Waals surface area (Å²) in [5, 5.41) is 12.8. The lowest BCUT2D eigenvalue weighted by molar-refractivity contribution is -0.236. The zero-order valence-electron chi connectivity index (χ0n) is 27.4. The smallest absolute Gasteiger partial charge is 0.310 e. The van der Waals surface area contributed by atoms with Gasteiger partial charge in [0.1, 0.15) is 23.9 Å². The van der Waals surface area contributed by atoms with Crippen LogP contribution in [0.2, 0.25) is 0 Å². The highest BCUT2D eigenvalue weighted by molar-refractivity contribution is 5.96. The predicted octanol–water partition coefficient (Wildman–Crippen LogP) is 2.97. The minimum atomic E-state index is -2.41. The van der Waals surface area contributed by atoms with Gasteiger partial charge in [0.15, 0.2) is 11.4 Å². The van der Waals surface area contributed by atoms with E-state index in [1.807, 2.05) is 0 Å². The predicted molar refractivity (Wildman–Crippen MR) is 156 cm³/mol. The van der Waals surface area contributed by atoms with E-state index in [4.69, 9.17) is 28.1 Å². The van der Waals surface area contributed by atoms with E-state index >= 15 is 0 Å². The quantitative estimate of drug-likeness (QED) is 0.260. The van der Waals surface area contributed by atoms with Crippen molar-refractivity contribution in [1.82, 2.24) is 0 Å². The second-order valence-electron chi connectivity index (χ2n) is 13.4. The van der Waals surface area contributed by atoms with Crippen molar-refractivity contribution in [2.24, 2.45) is 22.7 Å². The van der Waals surface area contributed by atoms with Crippen LogP contribution in [0.5, 0.6) is 0 Å². The first-order valence-electron chi connectivity index (χ1n) is 15.0. The van der Waals surface area contributed by atoms with E-state index in [2.05, 4.69) is 6.58 Å². The van der Waals surface area contributed by atoms with Crippen LogP contribution in [0.4, 0.5) is 0 Å². The third kappa shape index (κ3) is 5.31. The molecule has 2 aliphatic carbocycles. The molecule has 0 radical (unpaired) electrons. The SMILES string of the molecule is C=C1C(C2(C)C(OC(C)=O)CC(=O)OC(C)(C)C2CC(=O)OC)C(OC(C)=O)C(OC(C)=O)C2(C)C(c3ccoc3)CC(=O)C12O. The van der Waals surface area contributed by atoms with Gasteiger partial charge in [-0.2, -0.15) is 0 Å². The average molecular weight is 647 g/mol. The van der Waals surface area contributed by atoms with Crippen molar-refractivity contribution in [1.29, 1.82) is 0 Å². The molecule has 3 fully saturated rings. The molecule has 0 aromatic carbocycles. The molecule has 1 aromatic heterocycles. The van der Waals surface area contributed by atoms with Crippen LogP contribution in [0.3, 0.4) is 0 Å². The molecule has 1 saturated heterocycles. The minimum absolute atomic E-state index is 0.125. The number of ketones is 1. The van der Waals surface area contributed by atoms with Gasteiger partial charge < -0.3 is 33.2 Å². The van der Waals surface area contributed by atoms with Crippen LogP contribution in [0.15, 0.2) is 35.2 Å². The third-order valence-corrected chi connectivity index (χ3v) is 10.5. The molecule has 13 nitrogen and oxygen atoms in total. The highest BCUT2D eigenvalue weighted by atomic mass is 16.6. The molecule has 2 saturated carbocycles. The van der Waals surface area contributed by atoms with Gasteiger partial charge in [-0.25, -0.2) is 0 Å². The number of carbonyl (C=O) groups excluding carboxylic acids is 6. The van der Waals surface area contributed by atoms with Crippen molar-refractivity contribution < 1.29 is 62.0 Å². The van der Waals surface area contributed by atoms with Crippen molar-refractivity contribution in [2.75, 3.05) is 7.11 Å². The molecule has 46 heavy (non-hydrogen) atoms. The zero-order valence-corrected chi connectivity index (χ0v) is 27.4. The number of Topliss-reactive ketones (excluding diaryl/α,β-unsaturated/α-hetero) is 1. The van der Waals surface area contributed by atoms with E-state index < -0.39 is 100 Å². The van der Waals surface area contributed by atoms with Crippen molar-refractivity contribution in [3.63, 3.8) is 0 Å². The fraction of sp³-hybridized carbons (Fsp3) is 0.636. The maximum absolute atomic E-state index is 14.1. The van der Waals surface area contributed by atoms with Crippen molar-refractivity contribution in [3.8, 4) is 0 Å². The number of ether oxygens (including phenoxy) is 5. The summed E-state index contributed by atoms with van der Waals surface area (Å²) in [6.07, 6.45) is -2.60. The Morgan fingerprint density at radius 1 is 0.978 bits per heavy atom. The maximum atomic E-state index is 14.1. The van der Waals surface area contributed by atoms with E-state index in [0.29, 0.717) is 5.56 Å². The molecule has 9 unspecified atom stereocenters. The summed E-state index contributed by atoms with van der Waals surface area (Å²) in [6.45, 7) is 14.0. The third-order valence-electron chi connectivity index (χ3n) is 10.5. The van der Waals surface area contributed by atoms with E-state index in [1.54, 1.807) is 33.8 Å². The molecule has 0 bridgehead atoms. The lowest BCUT2D eigenvalue weighted by Crippen LogP contribution is -2.71. The van der Waals surface area contributed by atoms with Crippen molar-refractivity contribution in [3.05, 3.63) is 36.3 Å². The summed E-state index contributed by atoms with van der Waals surface area (Å²) in [5.74, 6) is -7.68. The van der Waals surface area contributed by atoms with Gasteiger partial charge in [0.25, 0.3) is 0 Å². The zero-order chi connectivity index (χ0) is 34.6. The molecule has 1 aliphatic heterocycles. The highest BCUT2D eigenvalue weighted by Gasteiger charge is 2.77. The number of hydrogen-bond acceptors (Lipinski definition) is 13. The van der Waals surface area contributed by atoms with Gasteiger partial charge in [-0.3, -0.25) is 28.8 Å². The lowest BCUT2D eigenvalue weighted by atomic mass is 9.46. The number of rotatable bonds is 7. The first-order valence-corrected chi connectivity index (χ1v) is 15.0. The van der Waals surface area contributed by atoms with Gasteiger partial charge in [0, 0.05) is 50.4 Å². The number of hydrogen-bond donors (Lipinski definition) is 1. The normalized spacial score (nSPS) is 36.9. The van der Waals surface area contributed by atoms with E-state index in [1.165, 1.54) is 19.6 Å². The second-order valence-corrected chi connectivity index (χ2v) is 13.4. The Labute approximate surface area is 266 Å². The molecule has 9 atom stereocenters. The van der Waals surface area contributed by atoms with Crippen molar-refractivity contribution in [2.45, 2.75) is 103 Å². The van der Waals surface area contributed by atoms with E-state index in [-0.39, 0.29) is 18.4 Å². The number of cyclic esters (lactones) is 1. The van der Waals surface area contributed by atoms with Gasteiger partial charge >= 0.3 is 29.8 Å². The summed E-state index contributed by atoms with van der Waals surface area (Å²) in [7, 11) is 1.18. The van der Waals surface area contributed by atoms with E-state index in [9.17, 15) is 33.9 Å². The van der Waals surface area contributed by atoms with Crippen LogP contribution in [0, 0.1) is 22.7 Å². The molecule has 1 N–H and O–H groups in total. The summed E-state index contributed by atoms with van der Waals surface area (Å²) in [4.78, 5) is 78.5. The molecular weight excluding hydrogens is 604 g/mol. The fourth-order valence-electron chi connectivity index (χ4n) is 8.58. The maximum Gasteiger partial charge on any atom is 0.310 e. The number of esters is 5. The van der Waals surface area contributed by atoms with Gasteiger partial charge in [0.2, 0.25) is 0 Å². The average Bonchev–Trinajstić information content (AvgIpc) is 3.52. The second kappa shape index (κ2) is 12.0. The lowest BCUT2D eigenvalue weighted by Gasteiger charge is -2.61. The highest BCUT2D eigenvalue weighted by Crippen LogP contribution is 2.68. The Bertz CT molecular complexity index is 1440. The summed E-state index contributed by atoms with van der Waals surface area (Å²) < 4.78 is 33.8. The van der Waals surface area contributed by atoms with Gasteiger partial charge in [-0.15, -0.1) is 0 Å². The summed E-state index contributed by atoms with van der Waals surface area (Å²) >= 11 is 0. The number of methoxy groups -OCH3 is 1. The van der Waals surface area contributed by atoms with E-state index in [0.717, 1.165) is 20.8 Å². The van der Waals surface area contributed by atoms with Gasteiger partial charge in [-0.05, 0) is 31.1 Å². The minimum Gasteiger partial charge on any atom is -0.472 e. The molecule has 3 aliphatic rings. The van der Waals surface area contributed by atoms with Crippen LogP contribution >= 0.6 is 0 Å². The molecule has 1 aromatic rings. The molecule has 13 heteroatoms. The van der Waals surface area contributed by atoms with Crippen LogP contribution in [-0.2, 0) is 52.5 Å². The summed E-state index contributed by atoms with van der Waals surface area (Å²) in [6, 6.07) is 1.62. The van der Waals surface area contributed by atoms with Crippen LogP contribution in [-0.4, -0.2) is 77.4 Å². The monoisotopic (exact) mass is 646 g/mol. The van der Waals surface area contributed by atoms with Crippen molar-refractivity contribution >= 4 is 35.6 Å². The van der Waals surface area contributed by atoms with Gasteiger partial charge in [-0.1, -0.05) is 20.4 Å². The number of fused-ring (bicyclic) bond motifs is 1. The van der Waals surface area contributed by atoms with Gasteiger partial charge in [0.05, 0.1) is 37.9 Å². The fourth-order valence-corrected chi connectivity index (χ4v) is 8.58. The Morgan fingerprint density at radius 3 is 2.11 bits per heavy atom. The Kier molecular flexibility index (Phi) is 9.08. The summed E-state index contributed by atoms with van der Waals surface area (Å²) in [5.41, 5.74) is -6.77. The number of furan rings is 1. The molecule has 4 rings (SSSR count). The first kappa shape index (κ1) is 34.9. The topological polar surface area (TPSA) is 182 Å². The Morgan fingerprint density at radius 2 is 1.59 bits per heavy atom. The molecule has 252 valence electrons. The first-order chi connectivity index (χ1) is 21.3. The standard InChI is InChI=1S/C33H42O13/c1-16-27(31(7)22(13-25(38)41-9)30(5,6)46-26(39)14-24(31)43-17(2)34)28(44-18(3)35)29(45-19(4)36)32(8)21(20-10-11-42-15-20)12-23(37)33(16,32)40/h10-11,15,21-22,24,27-29,40H,1,12-14H2,2-9H3. The molecule has 2 heterocycles. The Balaban J connectivity index is 2.11. The number of aliphatic hydroxyl groups is 1. The molecule has 0 spiro atoms. The van der Waals surface area contributed by atoms with Crippen LogP contribution < -0.4 is 0 Å². The molecule has 0 amide bonds. The largest absolute Gasteiger partial charge is 0.472 e. The molecular formula is C33H42O13. The Hall–Kier alpha value is -4.00. The van der Waals surface area contributed by atoms with Crippen LogP contribution in [0.1, 0.15) is 79.2 Å².